The van der Waals surface area contributed by atoms with Crippen LogP contribution in [0.25, 0.3) is 33.7 Å². The first-order valence-electron chi connectivity index (χ1n) is 7.17. The highest BCUT2D eigenvalue weighted by molar-refractivity contribution is 6.31. The topological polar surface area (TPSA) is 42.5 Å². The van der Waals surface area contributed by atoms with Gasteiger partial charge in [-0.1, -0.05) is 24.3 Å². The number of imidazole rings is 1. The normalized spacial score (nSPS) is 13.5. The fourth-order valence-corrected chi connectivity index (χ4v) is 3.17. The molecule has 5 heteroatoms. The number of halogens is 1. The van der Waals surface area contributed by atoms with Crippen molar-refractivity contribution in [3.63, 3.8) is 0 Å². The summed E-state index contributed by atoms with van der Waals surface area (Å²) in [5, 5.41) is 3.51. The molecule has 0 atom stereocenters. The van der Waals surface area contributed by atoms with Crippen molar-refractivity contribution in [2.24, 2.45) is 4.99 Å². The first-order valence-corrected chi connectivity index (χ1v) is 7.55. The zero-order chi connectivity index (χ0) is 16.0. The number of nitrogens with zero attached hydrogens (tertiary/aromatic N) is 4. The molecular formula is C18H13ClN4. The maximum absolute atomic E-state index is 6.12. The number of pyridine rings is 2. The number of fused-ring (bicyclic) bond motifs is 5. The molecule has 4 nitrogen and oxygen atoms in total. The Hall–Kier alpha value is -2.72. The van der Waals surface area contributed by atoms with Crippen LogP contribution < -0.4 is 10.6 Å². The predicted octanol–water partition coefficient (Wildman–Crippen LogP) is 2.91. The van der Waals surface area contributed by atoms with Gasteiger partial charge in [0.05, 0.1) is 28.1 Å². The van der Waals surface area contributed by atoms with E-state index in [0.29, 0.717) is 5.02 Å². The Bertz CT molecular complexity index is 1200. The van der Waals surface area contributed by atoms with Crippen molar-refractivity contribution in [3.8, 4) is 0 Å². The SMILES string of the molecule is C=C/C=c1\c(=NC)c2ccncc2n2c1nc1cc(Cl)ccc12. The molecule has 0 amide bonds. The van der Waals surface area contributed by atoms with Crippen LogP contribution >= 0.6 is 11.6 Å². The third-order valence-electron chi connectivity index (χ3n) is 3.92. The van der Waals surface area contributed by atoms with Crippen LogP contribution in [-0.4, -0.2) is 21.4 Å². The van der Waals surface area contributed by atoms with Gasteiger partial charge in [0.2, 0.25) is 0 Å². The lowest BCUT2D eigenvalue weighted by Crippen LogP contribution is -2.29. The Morgan fingerprint density at radius 1 is 1.26 bits per heavy atom. The molecule has 3 aromatic heterocycles. The van der Waals surface area contributed by atoms with E-state index in [1.165, 1.54) is 0 Å². The van der Waals surface area contributed by atoms with E-state index >= 15 is 0 Å². The van der Waals surface area contributed by atoms with Gasteiger partial charge in [0, 0.05) is 28.9 Å². The van der Waals surface area contributed by atoms with E-state index in [1.54, 1.807) is 19.3 Å². The van der Waals surface area contributed by atoms with E-state index in [1.807, 2.05) is 36.5 Å². The highest BCUT2D eigenvalue weighted by Crippen LogP contribution is 2.22. The van der Waals surface area contributed by atoms with Gasteiger partial charge >= 0.3 is 0 Å². The number of allylic oxidation sites excluding steroid dienone is 1. The molecule has 112 valence electrons. The number of aromatic nitrogens is 3. The second-order valence-corrected chi connectivity index (χ2v) is 5.62. The zero-order valence-electron chi connectivity index (χ0n) is 12.5. The Morgan fingerprint density at radius 2 is 2.13 bits per heavy atom. The van der Waals surface area contributed by atoms with Crippen LogP contribution in [0.1, 0.15) is 0 Å². The van der Waals surface area contributed by atoms with Crippen molar-refractivity contribution in [1.29, 1.82) is 0 Å². The molecule has 0 bridgehead atoms. The van der Waals surface area contributed by atoms with Crippen LogP contribution in [0.3, 0.4) is 0 Å². The van der Waals surface area contributed by atoms with E-state index in [0.717, 1.165) is 38.2 Å². The van der Waals surface area contributed by atoms with Gasteiger partial charge in [0.25, 0.3) is 0 Å². The average molecular weight is 321 g/mol. The summed E-state index contributed by atoms with van der Waals surface area (Å²) in [4.78, 5) is 13.5. The second kappa shape index (κ2) is 5.18. The minimum absolute atomic E-state index is 0.665. The summed E-state index contributed by atoms with van der Waals surface area (Å²) >= 11 is 6.12. The number of benzene rings is 1. The zero-order valence-corrected chi connectivity index (χ0v) is 13.2. The van der Waals surface area contributed by atoms with Gasteiger partial charge in [-0.3, -0.25) is 14.4 Å². The minimum Gasteiger partial charge on any atom is -0.290 e. The van der Waals surface area contributed by atoms with Gasteiger partial charge in [-0.25, -0.2) is 4.98 Å². The second-order valence-electron chi connectivity index (χ2n) is 5.18. The summed E-state index contributed by atoms with van der Waals surface area (Å²) in [6, 6.07) is 7.69. The monoisotopic (exact) mass is 320 g/mol. The number of rotatable bonds is 1. The predicted molar refractivity (Wildman–Crippen MR) is 94.4 cm³/mol. The van der Waals surface area contributed by atoms with E-state index in [-0.39, 0.29) is 0 Å². The number of hydrogen-bond donors (Lipinski definition) is 0. The molecule has 0 saturated heterocycles. The van der Waals surface area contributed by atoms with E-state index in [4.69, 9.17) is 16.6 Å². The van der Waals surface area contributed by atoms with Gasteiger partial charge in [0.1, 0.15) is 5.65 Å². The molecule has 0 N–H and O–H groups in total. The van der Waals surface area contributed by atoms with E-state index in [2.05, 4.69) is 21.0 Å². The van der Waals surface area contributed by atoms with Crippen molar-refractivity contribution in [2.45, 2.75) is 0 Å². The molecule has 0 saturated carbocycles. The molecule has 0 aliphatic heterocycles. The van der Waals surface area contributed by atoms with Crippen LogP contribution in [0, 0.1) is 0 Å². The maximum Gasteiger partial charge on any atom is 0.147 e. The van der Waals surface area contributed by atoms with Crippen molar-refractivity contribution in [3.05, 3.63) is 64.9 Å². The van der Waals surface area contributed by atoms with Crippen LogP contribution in [0.15, 0.2) is 54.3 Å². The van der Waals surface area contributed by atoms with Gasteiger partial charge < -0.3 is 0 Å². The Kier molecular flexibility index (Phi) is 3.13. The third-order valence-corrected chi connectivity index (χ3v) is 4.15. The van der Waals surface area contributed by atoms with Crippen molar-refractivity contribution < 1.29 is 0 Å². The standard InChI is InChI=1S/C18H13ClN4/c1-3-4-13-17(20-2)12-7-8-21-10-16(12)23-15-6-5-11(19)9-14(15)22-18(13)23/h3-10H,1H2,2H3/b13-4+,20-17?. The molecule has 0 unspecified atom stereocenters. The van der Waals surface area contributed by atoms with Crippen molar-refractivity contribution in [2.75, 3.05) is 7.05 Å². The Labute approximate surface area is 137 Å². The molecule has 4 aromatic rings. The summed E-state index contributed by atoms with van der Waals surface area (Å²) in [5.74, 6) is 0. The van der Waals surface area contributed by atoms with Crippen LogP contribution in [-0.2, 0) is 0 Å². The summed E-state index contributed by atoms with van der Waals surface area (Å²) < 4.78 is 2.10. The fraction of sp³-hybridized carbons (Fsp3) is 0.0556. The van der Waals surface area contributed by atoms with Crippen LogP contribution in [0.2, 0.25) is 5.02 Å². The molecule has 0 aliphatic rings. The van der Waals surface area contributed by atoms with E-state index < -0.39 is 0 Å². The highest BCUT2D eigenvalue weighted by atomic mass is 35.5. The Morgan fingerprint density at radius 3 is 2.91 bits per heavy atom. The summed E-state index contributed by atoms with van der Waals surface area (Å²) in [5.41, 5.74) is 3.62. The van der Waals surface area contributed by atoms with Crippen molar-refractivity contribution in [1.82, 2.24) is 14.4 Å². The lowest BCUT2D eigenvalue weighted by atomic mass is 10.2. The molecule has 1 aromatic carbocycles. The molecule has 0 radical (unpaired) electrons. The largest absolute Gasteiger partial charge is 0.290 e. The minimum atomic E-state index is 0.665. The smallest absolute Gasteiger partial charge is 0.147 e. The number of hydrogen-bond acceptors (Lipinski definition) is 3. The summed E-state index contributed by atoms with van der Waals surface area (Å²) in [6.07, 6.45) is 7.30. The molecule has 3 heterocycles. The van der Waals surface area contributed by atoms with Gasteiger partial charge in [0.15, 0.2) is 0 Å². The molecule has 0 spiro atoms. The molecule has 0 aliphatic carbocycles. The summed E-state index contributed by atoms with van der Waals surface area (Å²) in [7, 11) is 1.78. The Balaban J connectivity index is 2.46. The lowest BCUT2D eigenvalue weighted by Gasteiger charge is -2.05. The maximum atomic E-state index is 6.12. The quantitative estimate of drug-likeness (QED) is 0.541. The fourth-order valence-electron chi connectivity index (χ4n) is 3.01. The third kappa shape index (κ3) is 1.95. The first kappa shape index (κ1) is 13.9. The molecule has 23 heavy (non-hydrogen) atoms. The van der Waals surface area contributed by atoms with Crippen LogP contribution in [0.4, 0.5) is 0 Å². The average Bonchev–Trinajstić information content (AvgIpc) is 2.94. The molecule has 4 rings (SSSR count). The first-order chi connectivity index (χ1) is 11.2. The van der Waals surface area contributed by atoms with Gasteiger partial charge in [-0.2, -0.15) is 0 Å². The lowest BCUT2D eigenvalue weighted by molar-refractivity contribution is 1.19. The van der Waals surface area contributed by atoms with Gasteiger partial charge in [-0.05, 0) is 30.3 Å². The van der Waals surface area contributed by atoms with Crippen LogP contribution in [0.5, 0.6) is 0 Å². The highest BCUT2D eigenvalue weighted by Gasteiger charge is 2.12. The van der Waals surface area contributed by atoms with Gasteiger partial charge in [-0.15, -0.1) is 0 Å². The molecule has 0 fully saturated rings. The van der Waals surface area contributed by atoms with E-state index in [9.17, 15) is 0 Å². The summed E-state index contributed by atoms with van der Waals surface area (Å²) in [6.45, 7) is 3.82. The molecular weight excluding hydrogens is 308 g/mol. The van der Waals surface area contributed by atoms with Crippen molar-refractivity contribution >= 4 is 45.3 Å².